The van der Waals surface area contributed by atoms with Crippen LogP contribution in [0.1, 0.15) is 25.1 Å². The molecule has 0 fully saturated rings. The average molecular weight is 286 g/mol. The highest BCUT2D eigenvalue weighted by molar-refractivity contribution is 7.17. The monoisotopic (exact) mass is 286 g/mol. The fourth-order valence-electron chi connectivity index (χ4n) is 2.55. The Labute approximate surface area is 119 Å². The molecule has 3 N–H and O–H groups in total. The van der Waals surface area contributed by atoms with Crippen LogP contribution in [0, 0.1) is 0 Å². The van der Waals surface area contributed by atoms with Gasteiger partial charge in [0, 0.05) is 12.1 Å². The van der Waals surface area contributed by atoms with Gasteiger partial charge in [-0.25, -0.2) is 9.97 Å². The Balaban J connectivity index is 1.76. The molecule has 1 aliphatic heterocycles. The van der Waals surface area contributed by atoms with E-state index < -0.39 is 0 Å². The van der Waals surface area contributed by atoms with Crippen molar-refractivity contribution in [2.24, 2.45) is 0 Å². The molecule has 0 aliphatic carbocycles. The number of aromatic nitrogens is 4. The Bertz CT molecular complexity index is 787. The molecule has 0 saturated heterocycles. The van der Waals surface area contributed by atoms with Crippen molar-refractivity contribution in [1.82, 2.24) is 25.5 Å². The second-order valence-electron chi connectivity index (χ2n) is 5.39. The van der Waals surface area contributed by atoms with Gasteiger partial charge in [-0.15, -0.1) is 11.3 Å². The highest BCUT2D eigenvalue weighted by atomic mass is 32.1. The number of hydrogen-bond acceptors (Lipinski definition) is 6. The number of anilines is 2. The standard InChI is InChI=1S/C13H14N6S/c1-13(2)10-7(5-16-13)11(19-18-10)17-12-9-8(3-4-20-9)14-6-15-12/h3-4,6,16H,5H2,1-2H3,(H2,14,15,17,18,19). The molecular formula is C13H14N6S. The minimum atomic E-state index is -0.0633. The molecule has 3 aromatic rings. The van der Waals surface area contributed by atoms with Gasteiger partial charge >= 0.3 is 0 Å². The Morgan fingerprint density at radius 2 is 2.20 bits per heavy atom. The molecule has 1 aliphatic rings. The first kappa shape index (κ1) is 11.8. The van der Waals surface area contributed by atoms with Gasteiger partial charge in [0.05, 0.1) is 21.4 Å². The molecule has 4 rings (SSSR count). The van der Waals surface area contributed by atoms with Crippen molar-refractivity contribution in [3.63, 3.8) is 0 Å². The summed E-state index contributed by atoms with van der Waals surface area (Å²) in [6.07, 6.45) is 1.58. The summed E-state index contributed by atoms with van der Waals surface area (Å²) >= 11 is 1.63. The predicted octanol–water partition coefficient (Wildman–Crippen LogP) is 2.50. The van der Waals surface area contributed by atoms with E-state index in [4.69, 9.17) is 0 Å². The highest BCUT2D eigenvalue weighted by Gasteiger charge is 2.33. The van der Waals surface area contributed by atoms with Crippen LogP contribution in [-0.4, -0.2) is 20.2 Å². The van der Waals surface area contributed by atoms with E-state index in [1.807, 2.05) is 11.4 Å². The average Bonchev–Trinajstić information content (AvgIpc) is 3.08. The normalized spacial score (nSPS) is 16.5. The molecule has 0 unspecified atom stereocenters. The molecule has 0 aromatic carbocycles. The molecule has 0 spiro atoms. The summed E-state index contributed by atoms with van der Waals surface area (Å²) in [5, 5.41) is 16.3. The van der Waals surface area contributed by atoms with Gasteiger partial charge in [-0.05, 0) is 25.3 Å². The maximum atomic E-state index is 4.39. The summed E-state index contributed by atoms with van der Waals surface area (Å²) in [4.78, 5) is 8.58. The molecule has 0 radical (unpaired) electrons. The third kappa shape index (κ3) is 1.63. The maximum absolute atomic E-state index is 4.39. The third-order valence-corrected chi connectivity index (χ3v) is 4.59. The van der Waals surface area contributed by atoms with Gasteiger partial charge < -0.3 is 10.6 Å². The van der Waals surface area contributed by atoms with Gasteiger partial charge in [-0.1, -0.05) is 0 Å². The number of H-pyrrole nitrogens is 1. The molecule has 0 saturated carbocycles. The maximum Gasteiger partial charge on any atom is 0.158 e. The number of thiophene rings is 1. The first-order chi connectivity index (χ1) is 9.65. The van der Waals surface area contributed by atoms with E-state index >= 15 is 0 Å². The molecule has 7 heteroatoms. The minimum Gasteiger partial charge on any atom is -0.322 e. The van der Waals surface area contributed by atoms with Crippen molar-refractivity contribution in [2.75, 3.05) is 5.32 Å². The van der Waals surface area contributed by atoms with E-state index in [1.54, 1.807) is 17.7 Å². The van der Waals surface area contributed by atoms with Gasteiger partial charge in [-0.2, -0.15) is 5.10 Å². The van der Waals surface area contributed by atoms with Crippen molar-refractivity contribution < 1.29 is 0 Å². The van der Waals surface area contributed by atoms with Crippen molar-refractivity contribution >= 4 is 33.2 Å². The Kier molecular flexibility index (Phi) is 2.36. The van der Waals surface area contributed by atoms with E-state index in [0.717, 1.165) is 34.1 Å². The van der Waals surface area contributed by atoms with Crippen LogP contribution in [0.5, 0.6) is 0 Å². The zero-order valence-corrected chi connectivity index (χ0v) is 12.0. The second-order valence-corrected chi connectivity index (χ2v) is 6.30. The lowest BCUT2D eigenvalue weighted by molar-refractivity contribution is 0.429. The molecule has 102 valence electrons. The molecule has 0 bridgehead atoms. The largest absolute Gasteiger partial charge is 0.322 e. The van der Waals surface area contributed by atoms with Gasteiger partial charge in [0.2, 0.25) is 0 Å². The summed E-state index contributed by atoms with van der Waals surface area (Å²) in [7, 11) is 0. The van der Waals surface area contributed by atoms with Gasteiger partial charge in [-0.3, -0.25) is 5.10 Å². The lowest BCUT2D eigenvalue weighted by Gasteiger charge is -2.16. The molecule has 6 nitrogen and oxygen atoms in total. The van der Waals surface area contributed by atoms with E-state index in [9.17, 15) is 0 Å². The Morgan fingerprint density at radius 1 is 1.30 bits per heavy atom. The SMILES string of the molecule is CC1(C)NCc2c(Nc3ncnc4ccsc34)n[nH]c21. The van der Waals surface area contributed by atoms with Crippen LogP contribution in [0.3, 0.4) is 0 Å². The van der Waals surface area contributed by atoms with Crippen molar-refractivity contribution in [2.45, 2.75) is 25.9 Å². The summed E-state index contributed by atoms with van der Waals surface area (Å²) < 4.78 is 1.05. The smallest absolute Gasteiger partial charge is 0.158 e. The van der Waals surface area contributed by atoms with Crippen LogP contribution < -0.4 is 10.6 Å². The van der Waals surface area contributed by atoms with Gasteiger partial charge in [0.1, 0.15) is 6.33 Å². The first-order valence-electron chi connectivity index (χ1n) is 6.43. The van der Waals surface area contributed by atoms with Crippen LogP contribution in [-0.2, 0) is 12.1 Å². The van der Waals surface area contributed by atoms with E-state index in [1.165, 1.54) is 5.56 Å². The molecule has 4 heterocycles. The fourth-order valence-corrected chi connectivity index (χ4v) is 3.34. The number of fused-ring (bicyclic) bond motifs is 2. The van der Waals surface area contributed by atoms with Crippen molar-refractivity contribution in [3.8, 4) is 0 Å². The Hall–Kier alpha value is -1.99. The summed E-state index contributed by atoms with van der Waals surface area (Å²) in [6, 6.07) is 1.99. The third-order valence-electron chi connectivity index (χ3n) is 3.68. The van der Waals surface area contributed by atoms with Crippen LogP contribution >= 0.6 is 11.3 Å². The lowest BCUT2D eigenvalue weighted by Crippen LogP contribution is -2.29. The van der Waals surface area contributed by atoms with Gasteiger partial charge in [0.15, 0.2) is 11.6 Å². The number of nitrogens with zero attached hydrogens (tertiary/aromatic N) is 3. The predicted molar refractivity (Wildman–Crippen MR) is 79.2 cm³/mol. The van der Waals surface area contributed by atoms with Crippen LogP contribution in [0.15, 0.2) is 17.8 Å². The molecule has 3 aromatic heterocycles. The first-order valence-corrected chi connectivity index (χ1v) is 7.31. The van der Waals surface area contributed by atoms with E-state index in [-0.39, 0.29) is 5.54 Å². The zero-order chi connectivity index (χ0) is 13.7. The zero-order valence-electron chi connectivity index (χ0n) is 11.2. The lowest BCUT2D eigenvalue weighted by atomic mass is 10.0. The summed E-state index contributed by atoms with van der Waals surface area (Å²) in [6.45, 7) is 5.09. The molecular weight excluding hydrogens is 272 g/mol. The minimum absolute atomic E-state index is 0.0633. The summed E-state index contributed by atoms with van der Waals surface area (Å²) in [5.41, 5.74) is 3.21. The van der Waals surface area contributed by atoms with Crippen LogP contribution in [0.25, 0.3) is 10.2 Å². The van der Waals surface area contributed by atoms with Crippen LogP contribution in [0.2, 0.25) is 0 Å². The number of hydrogen-bond donors (Lipinski definition) is 3. The number of rotatable bonds is 2. The fraction of sp³-hybridized carbons (Fsp3) is 0.308. The summed E-state index contributed by atoms with van der Waals surface area (Å²) in [5.74, 6) is 1.65. The van der Waals surface area contributed by atoms with Crippen molar-refractivity contribution in [1.29, 1.82) is 0 Å². The quantitative estimate of drug-likeness (QED) is 0.674. The van der Waals surface area contributed by atoms with Crippen molar-refractivity contribution in [3.05, 3.63) is 29.0 Å². The van der Waals surface area contributed by atoms with Crippen LogP contribution in [0.4, 0.5) is 11.6 Å². The second kappa shape index (κ2) is 4.00. The molecule has 20 heavy (non-hydrogen) atoms. The number of aromatic amines is 1. The Morgan fingerprint density at radius 3 is 3.10 bits per heavy atom. The molecule has 0 atom stereocenters. The topological polar surface area (TPSA) is 78.5 Å². The van der Waals surface area contributed by atoms with Gasteiger partial charge in [0.25, 0.3) is 0 Å². The highest BCUT2D eigenvalue weighted by Crippen LogP contribution is 2.35. The van der Waals surface area contributed by atoms with E-state index in [0.29, 0.717) is 0 Å². The number of nitrogens with one attached hydrogen (secondary N) is 3. The molecule has 0 amide bonds. The van der Waals surface area contributed by atoms with E-state index in [2.05, 4.69) is 44.6 Å².